The molecule has 1 amide bonds. The normalized spacial score (nSPS) is 21.1. The minimum atomic E-state index is -0.257. The molecule has 1 fully saturated rings. The van der Waals surface area contributed by atoms with E-state index in [0.717, 1.165) is 6.54 Å². The smallest absolute Gasteiger partial charge is 0.234 e. The van der Waals surface area contributed by atoms with Gasteiger partial charge >= 0.3 is 0 Å². The number of rotatable bonds is 6. The molecule has 0 aromatic heterocycles. The molecule has 3 N–H and O–H groups in total. The minimum absolute atomic E-state index is 0.186. The van der Waals surface area contributed by atoms with Crippen LogP contribution in [-0.2, 0) is 4.79 Å². The van der Waals surface area contributed by atoms with Crippen molar-refractivity contribution >= 4 is 5.91 Å². The van der Waals surface area contributed by atoms with Gasteiger partial charge in [0.25, 0.3) is 0 Å². The zero-order valence-electron chi connectivity index (χ0n) is 8.60. The molecule has 76 valence electrons. The Morgan fingerprint density at radius 3 is 2.62 bits per heavy atom. The maximum Gasteiger partial charge on any atom is 0.234 e. The highest BCUT2D eigenvalue weighted by molar-refractivity contribution is 5.79. The molecule has 0 radical (unpaired) electrons. The first-order valence-electron chi connectivity index (χ1n) is 5.12. The number of primary amides is 1. The minimum Gasteiger partial charge on any atom is -0.368 e. The van der Waals surface area contributed by atoms with E-state index in [0.29, 0.717) is 5.41 Å². The number of hydrogen-bond acceptors (Lipinski definition) is 2. The molecule has 0 heterocycles. The second-order valence-corrected chi connectivity index (χ2v) is 4.25. The summed E-state index contributed by atoms with van der Waals surface area (Å²) >= 11 is 0. The summed E-state index contributed by atoms with van der Waals surface area (Å²) in [6.07, 6.45) is 5.11. The number of amides is 1. The van der Waals surface area contributed by atoms with Crippen LogP contribution in [0, 0.1) is 5.41 Å². The average molecular weight is 184 g/mol. The summed E-state index contributed by atoms with van der Waals surface area (Å²) in [5.74, 6) is -0.257. The Morgan fingerprint density at radius 2 is 2.23 bits per heavy atom. The van der Waals surface area contributed by atoms with Gasteiger partial charge in [-0.2, -0.15) is 0 Å². The van der Waals surface area contributed by atoms with E-state index in [1.807, 2.05) is 6.92 Å². The van der Waals surface area contributed by atoms with Gasteiger partial charge in [-0.1, -0.05) is 13.3 Å². The Bertz CT molecular complexity index is 187. The molecule has 1 rings (SSSR count). The van der Waals surface area contributed by atoms with E-state index in [1.54, 1.807) is 0 Å². The van der Waals surface area contributed by atoms with Crippen molar-refractivity contribution in [3.8, 4) is 0 Å². The van der Waals surface area contributed by atoms with E-state index in [2.05, 4.69) is 12.2 Å². The third-order valence-electron chi connectivity index (χ3n) is 2.95. The van der Waals surface area contributed by atoms with Crippen molar-refractivity contribution in [3.05, 3.63) is 0 Å². The molecule has 1 atom stereocenters. The second kappa shape index (κ2) is 4.09. The van der Waals surface area contributed by atoms with Crippen LogP contribution in [0.1, 0.15) is 39.5 Å². The van der Waals surface area contributed by atoms with Gasteiger partial charge in [-0.05, 0) is 31.6 Å². The van der Waals surface area contributed by atoms with E-state index < -0.39 is 0 Å². The lowest BCUT2D eigenvalue weighted by molar-refractivity contribution is -0.119. The molecular formula is C10H20N2O. The Kier molecular flexibility index (Phi) is 3.31. The predicted molar refractivity (Wildman–Crippen MR) is 53.2 cm³/mol. The van der Waals surface area contributed by atoms with E-state index in [1.165, 1.54) is 25.7 Å². The van der Waals surface area contributed by atoms with Crippen LogP contribution in [0.4, 0.5) is 0 Å². The highest BCUT2D eigenvalue weighted by atomic mass is 16.1. The maximum absolute atomic E-state index is 10.8. The molecule has 1 aliphatic rings. The summed E-state index contributed by atoms with van der Waals surface area (Å²) in [5.41, 5.74) is 5.66. The second-order valence-electron chi connectivity index (χ2n) is 4.25. The Hall–Kier alpha value is -0.570. The SMILES string of the molecule is CCCC1(CNC(C)C(N)=O)CC1. The van der Waals surface area contributed by atoms with Crippen molar-refractivity contribution in [1.29, 1.82) is 0 Å². The lowest BCUT2D eigenvalue weighted by atomic mass is 10.0. The summed E-state index contributed by atoms with van der Waals surface area (Å²) in [6, 6.07) is -0.186. The monoisotopic (exact) mass is 184 g/mol. The van der Waals surface area contributed by atoms with E-state index in [9.17, 15) is 4.79 Å². The molecule has 0 aromatic rings. The maximum atomic E-state index is 10.8. The van der Waals surface area contributed by atoms with Gasteiger partial charge in [-0.25, -0.2) is 0 Å². The van der Waals surface area contributed by atoms with Gasteiger partial charge < -0.3 is 11.1 Å². The Balaban J connectivity index is 2.22. The fraction of sp³-hybridized carbons (Fsp3) is 0.900. The molecule has 0 aromatic carbocycles. The quantitative estimate of drug-likeness (QED) is 0.648. The molecule has 0 bridgehead atoms. The number of nitrogens with two attached hydrogens (primary N) is 1. The molecule has 3 heteroatoms. The first-order chi connectivity index (χ1) is 6.09. The molecule has 0 aliphatic heterocycles. The van der Waals surface area contributed by atoms with Crippen LogP contribution >= 0.6 is 0 Å². The van der Waals surface area contributed by atoms with E-state index >= 15 is 0 Å². The van der Waals surface area contributed by atoms with Crippen molar-refractivity contribution < 1.29 is 4.79 Å². The van der Waals surface area contributed by atoms with Crippen LogP contribution in [0.25, 0.3) is 0 Å². The van der Waals surface area contributed by atoms with Gasteiger partial charge in [0.05, 0.1) is 6.04 Å². The van der Waals surface area contributed by atoms with Gasteiger partial charge in [0.15, 0.2) is 0 Å². The summed E-state index contributed by atoms with van der Waals surface area (Å²) in [4.78, 5) is 10.8. The standard InChI is InChI=1S/C10H20N2O/c1-3-4-10(5-6-10)7-12-8(2)9(11)13/h8,12H,3-7H2,1-2H3,(H2,11,13). The lowest BCUT2D eigenvalue weighted by Gasteiger charge is -2.17. The van der Waals surface area contributed by atoms with Crippen LogP contribution in [0.15, 0.2) is 0 Å². The summed E-state index contributed by atoms with van der Waals surface area (Å²) in [7, 11) is 0. The van der Waals surface area contributed by atoms with Gasteiger partial charge in [-0.15, -0.1) is 0 Å². The van der Waals surface area contributed by atoms with Crippen LogP contribution in [-0.4, -0.2) is 18.5 Å². The molecule has 0 saturated heterocycles. The van der Waals surface area contributed by atoms with Crippen LogP contribution < -0.4 is 11.1 Å². The van der Waals surface area contributed by atoms with Crippen molar-refractivity contribution in [1.82, 2.24) is 5.32 Å². The largest absolute Gasteiger partial charge is 0.368 e. The molecule has 1 unspecified atom stereocenters. The van der Waals surface area contributed by atoms with Crippen molar-refractivity contribution in [3.63, 3.8) is 0 Å². The van der Waals surface area contributed by atoms with Gasteiger partial charge in [-0.3, -0.25) is 4.79 Å². The molecular weight excluding hydrogens is 164 g/mol. The molecule has 0 spiro atoms. The summed E-state index contributed by atoms with van der Waals surface area (Å²) < 4.78 is 0. The predicted octanol–water partition coefficient (Wildman–Crippen LogP) is 1.03. The van der Waals surface area contributed by atoms with Crippen molar-refractivity contribution in [2.75, 3.05) is 6.54 Å². The zero-order valence-corrected chi connectivity index (χ0v) is 8.60. The molecule has 3 nitrogen and oxygen atoms in total. The lowest BCUT2D eigenvalue weighted by Crippen LogP contribution is -2.41. The molecule has 1 saturated carbocycles. The Morgan fingerprint density at radius 1 is 1.62 bits per heavy atom. The average Bonchev–Trinajstić information content (AvgIpc) is 2.82. The zero-order chi connectivity index (χ0) is 9.90. The number of carbonyl (C=O) groups is 1. The van der Waals surface area contributed by atoms with E-state index in [-0.39, 0.29) is 11.9 Å². The number of hydrogen-bond donors (Lipinski definition) is 2. The highest BCUT2D eigenvalue weighted by Gasteiger charge is 2.41. The topological polar surface area (TPSA) is 55.1 Å². The van der Waals surface area contributed by atoms with Gasteiger partial charge in [0.2, 0.25) is 5.91 Å². The van der Waals surface area contributed by atoms with Crippen LogP contribution in [0.5, 0.6) is 0 Å². The van der Waals surface area contributed by atoms with Crippen LogP contribution in [0.3, 0.4) is 0 Å². The fourth-order valence-corrected chi connectivity index (χ4v) is 1.69. The van der Waals surface area contributed by atoms with Crippen molar-refractivity contribution in [2.45, 2.75) is 45.6 Å². The summed E-state index contributed by atoms with van der Waals surface area (Å²) in [6.45, 7) is 4.98. The highest BCUT2D eigenvalue weighted by Crippen LogP contribution is 2.48. The van der Waals surface area contributed by atoms with E-state index in [4.69, 9.17) is 5.73 Å². The van der Waals surface area contributed by atoms with Gasteiger partial charge in [0.1, 0.15) is 0 Å². The van der Waals surface area contributed by atoms with Gasteiger partial charge in [0, 0.05) is 6.54 Å². The Labute approximate surface area is 80.1 Å². The third-order valence-corrected chi connectivity index (χ3v) is 2.95. The fourth-order valence-electron chi connectivity index (χ4n) is 1.69. The number of carbonyl (C=O) groups excluding carboxylic acids is 1. The number of nitrogens with one attached hydrogen (secondary N) is 1. The van der Waals surface area contributed by atoms with Crippen molar-refractivity contribution in [2.24, 2.45) is 11.1 Å². The first-order valence-corrected chi connectivity index (χ1v) is 5.12. The summed E-state index contributed by atoms with van der Waals surface area (Å²) in [5, 5.41) is 3.20. The molecule has 1 aliphatic carbocycles. The van der Waals surface area contributed by atoms with Crippen LogP contribution in [0.2, 0.25) is 0 Å². The first kappa shape index (κ1) is 10.5. The third kappa shape index (κ3) is 2.99. The molecule has 13 heavy (non-hydrogen) atoms.